The predicted octanol–water partition coefficient (Wildman–Crippen LogP) is 2.51. The Bertz CT molecular complexity index is 1020. The number of hydrogen-bond donors (Lipinski definition) is 2. The van der Waals surface area contributed by atoms with E-state index in [1.54, 1.807) is 36.4 Å². The molecule has 2 aromatic rings. The highest BCUT2D eigenvalue weighted by atomic mass is 32.2. The third-order valence-corrected chi connectivity index (χ3v) is 6.88. The van der Waals surface area contributed by atoms with Gasteiger partial charge in [0.2, 0.25) is 10.0 Å². The summed E-state index contributed by atoms with van der Waals surface area (Å²) in [5.74, 6) is -1.12. The highest BCUT2D eigenvalue weighted by molar-refractivity contribution is 7.89. The number of rotatable bonds is 7. The number of hydrogen-bond acceptors (Lipinski definition) is 5. The molecular formula is C22H27N3O5S. The zero-order valence-electron chi connectivity index (χ0n) is 17.5. The number of piperidine rings is 1. The fourth-order valence-corrected chi connectivity index (χ4v) is 4.84. The molecule has 0 atom stereocenters. The molecule has 1 saturated heterocycles. The Hall–Kier alpha value is -2.91. The molecule has 2 aromatic carbocycles. The van der Waals surface area contributed by atoms with Crippen molar-refractivity contribution in [3.8, 4) is 5.75 Å². The molecule has 1 heterocycles. The lowest BCUT2D eigenvalue weighted by Crippen LogP contribution is -2.35. The number of carbonyl (C=O) groups excluding carboxylic acids is 2. The van der Waals surface area contributed by atoms with Gasteiger partial charge in [-0.15, -0.1) is 0 Å². The maximum Gasteiger partial charge on any atom is 0.313 e. The molecular weight excluding hydrogens is 418 g/mol. The van der Waals surface area contributed by atoms with Gasteiger partial charge in [0.15, 0.2) is 0 Å². The van der Waals surface area contributed by atoms with Crippen LogP contribution in [-0.2, 0) is 26.2 Å². The maximum absolute atomic E-state index is 12.7. The van der Waals surface area contributed by atoms with E-state index in [1.807, 2.05) is 6.92 Å². The van der Waals surface area contributed by atoms with Crippen LogP contribution in [0.2, 0.25) is 0 Å². The van der Waals surface area contributed by atoms with Crippen LogP contribution in [0.3, 0.4) is 0 Å². The van der Waals surface area contributed by atoms with Gasteiger partial charge >= 0.3 is 11.8 Å². The quantitative estimate of drug-likeness (QED) is 0.637. The van der Waals surface area contributed by atoms with Crippen LogP contribution in [0.15, 0.2) is 53.4 Å². The van der Waals surface area contributed by atoms with E-state index in [4.69, 9.17) is 4.74 Å². The van der Waals surface area contributed by atoms with Crippen molar-refractivity contribution in [2.75, 3.05) is 25.0 Å². The van der Waals surface area contributed by atoms with Crippen LogP contribution in [0.5, 0.6) is 5.75 Å². The van der Waals surface area contributed by atoms with Crippen LogP contribution in [0, 0.1) is 0 Å². The molecule has 0 aromatic heterocycles. The second kappa shape index (κ2) is 10.4. The van der Waals surface area contributed by atoms with Gasteiger partial charge in [0.05, 0.1) is 17.2 Å². The molecule has 1 fully saturated rings. The number of carbonyl (C=O) groups is 2. The van der Waals surface area contributed by atoms with Crippen LogP contribution in [-0.4, -0.2) is 44.2 Å². The summed E-state index contributed by atoms with van der Waals surface area (Å²) in [6.07, 6.45) is 2.80. The first-order valence-electron chi connectivity index (χ1n) is 10.3. The van der Waals surface area contributed by atoms with Crippen molar-refractivity contribution >= 4 is 27.5 Å². The minimum atomic E-state index is -3.50. The van der Waals surface area contributed by atoms with E-state index in [-0.39, 0.29) is 11.4 Å². The van der Waals surface area contributed by atoms with Crippen LogP contribution >= 0.6 is 0 Å². The highest BCUT2D eigenvalue weighted by Crippen LogP contribution is 2.23. The average molecular weight is 446 g/mol. The van der Waals surface area contributed by atoms with Crippen molar-refractivity contribution in [1.82, 2.24) is 9.62 Å². The Morgan fingerprint density at radius 1 is 0.968 bits per heavy atom. The standard InChI is InChI=1S/C22H27N3O5S/c1-2-30-20-9-5-4-8-19(20)24-22(27)21(26)23-16-17-10-12-18(13-11-17)31(28,29)25-14-6-3-7-15-25/h4-5,8-13H,2-3,6-7,14-16H2,1H3,(H,23,26)(H,24,27). The number of nitrogens with one attached hydrogen (secondary N) is 2. The van der Waals surface area contributed by atoms with Gasteiger partial charge in [-0.25, -0.2) is 8.42 Å². The molecule has 2 amide bonds. The van der Waals surface area contributed by atoms with Crippen molar-refractivity contribution in [1.29, 1.82) is 0 Å². The summed E-state index contributed by atoms with van der Waals surface area (Å²) in [6.45, 7) is 3.45. The molecule has 0 unspecified atom stereocenters. The number of sulfonamides is 1. The predicted molar refractivity (Wildman–Crippen MR) is 117 cm³/mol. The van der Waals surface area contributed by atoms with Gasteiger partial charge in [-0.2, -0.15) is 4.31 Å². The second-order valence-corrected chi connectivity index (χ2v) is 9.11. The largest absolute Gasteiger partial charge is 0.492 e. The van der Waals surface area contributed by atoms with Gasteiger partial charge in [0.25, 0.3) is 0 Å². The molecule has 1 aliphatic heterocycles. The molecule has 0 radical (unpaired) electrons. The Morgan fingerprint density at radius 2 is 1.65 bits per heavy atom. The first kappa shape index (κ1) is 22.8. The van der Waals surface area contributed by atoms with E-state index in [2.05, 4.69) is 10.6 Å². The molecule has 166 valence electrons. The van der Waals surface area contributed by atoms with E-state index in [0.717, 1.165) is 19.3 Å². The van der Waals surface area contributed by atoms with Crippen molar-refractivity contribution in [2.45, 2.75) is 37.6 Å². The Morgan fingerprint density at radius 3 is 2.32 bits per heavy atom. The lowest BCUT2D eigenvalue weighted by atomic mass is 10.2. The Balaban J connectivity index is 1.56. The first-order valence-corrected chi connectivity index (χ1v) is 11.8. The van der Waals surface area contributed by atoms with Crippen LogP contribution in [0.4, 0.5) is 5.69 Å². The van der Waals surface area contributed by atoms with E-state index < -0.39 is 21.8 Å². The number of para-hydroxylation sites is 2. The van der Waals surface area contributed by atoms with Crippen molar-refractivity contribution in [2.24, 2.45) is 0 Å². The summed E-state index contributed by atoms with van der Waals surface area (Å²) in [4.78, 5) is 24.6. The molecule has 0 aliphatic carbocycles. The minimum Gasteiger partial charge on any atom is -0.492 e. The number of anilines is 1. The van der Waals surface area contributed by atoms with Gasteiger partial charge in [-0.1, -0.05) is 30.7 Å². The van der Waals surface area contributed by atoms with Crippen molar-refractivity contribution in [3.05, 3.63) is 54.1 Å². The van der Waals surface area contributed by atoms with Crippen LogP contribution < -0.4 is 15.4 Å². The van der Waals surface area contributed by atoms with Gasteiger partial charge in [-0.3, -0.25) is 9.59 Å². The van der Waals surface area contributed by atoms with Gasteiger partial charge in [0.1, 0.15) is 5.75 Å². The Kier molecular flexibility index (Phi) is 7.64. The Labute approximate surface area is 182 Å². The number of nitrogens with zero attached hydrogens (tertiary/aromatic N) is 1. The number of ether oxygens (including phenoxy) is 1. The van der Waals surface area contributed by atoms with Gasteiger partial charge in [0, 0.05) is 19.6 Å². The third-order valence-electron chi connectivity index (χ3n) is 4.97. The highest BCUT2D eigenvalue weighted by Gasteiger charge is 2.25. The molecule has 3 rings (SSSR count). The van der Waals surface area contributed by atoms with E-state index in [9.17, 15) is 18.0 Å². The monoisotopic (exact) mass is 445 g/mol. The zero-order chi connectivity index (χ0) is 22.3. The van der Waals surface area contributed by atoms with Crippen LogP contribution in [0.1, 0.15) is 31.7 Å². The van der Waals surface area contributed by atoms with Crippen molar-refractivity contribution in [3.63, 3.8) is 0 Å². The molecule has 31 heavy (non-hydrogen) atoms. The summed E-state index contributed by atoms with van der Waals surface area (Å²) in [5, 5.41) is 5.08. The average Bonchev–Trinajstić information content (AvgIpc) is 2.79. The lowest BCUT2D eigenvalue weighted by Gasteiger charge is -2.25. The molecule has 1 aliphatic rings. The summed E-state index contributed by atoms with van der Waals surface area (Å²) in [5.41, 5.74) is 1.10. The van der Waals surface area contributed by atoms with Gasteiger partial charge < -0.3 is 15.4 Å². The zero-order valence-corrected chi connectivity index (χ0v) is 18.3. The molecule has 8 nitrogen and oxygen atoms in total. The van der Waals surface area contributed by atoms with E-state index in [0.29, 0.717) is 36.7 Å². The molecule has 9 heteroatoms. The molecule has 0 spiro atoms. The van der Waals surface area contributed by atoms with E-state index in [1.165, 1.54) is 16.4 Å². The SMILES string of the molecule is CCOc1ccccc1NC(=O)C(=O)NCc1ccc(S(=O)(=O)N2CCCCC2)cc1. The molecule has 0 bridgehead atoms. The maximum atomic E-state index is 12.7. The summed E-state index contributed by atoms with van der Waals surface area (Å²) in [6, 6.07) is 13.2. The number of benzene rings is 2. The van der Waals surface area contributed by atoms with Crippen LogP contribution in [0.25, 0.3) is 0 Å². The molecule has 0 saturated carbocycles. The van der Waals surface area contributed by atoms with Crippen molar-refractivity contribution < 1.29 is 22.7 Å². The normalized spacial score (nSPS) is 14.6. The van der Waals surface area contributed by atoms with E-state index >= 15 is 0 Å². The topological polar surface area (TPSA) is 105 Å². The third kappa shape index (κ3) is 5.83. The second-order valence-electron chi connectivity index (χ2n) is 7.17. The lowest BCUT2D eigenvalue weighted by molar-refractivity contribution is -0.136. The summed E-state index contributed by atoms with van der Waals surface area (Å²) in [7, 11) is -3.50. The molecule has 2 N–H and O–H groups in total. The van der Waals surface area contributed by atoms with Gasteiger partial charge in [-0.05, 0) is 49.6 Å². The summed E-state index contributed by atoms with van der Waals surface area (Å²) >= 11 is 0. The minimum absolute atomic E-state index is 0.101. The fraction of sp³-hybridized carbons (Fsp3) is 0.364. The fourth-order valence-electron chi connectivity index (χ4n) is 3.33. The summed E-state index contributed by atoms with van der Waals surface area (Å²) < 4.78 is 32.3. The smallest absolute Gasteiger partial charge is 0.313 e. The number of amides is 2. The first-order chi connectivity index (χ1) is 14.9.